The lowest BCUT2D eigenvalue weighted by molar-refractivity contribution is 0.600. The Bertz CT molecular complexity index is 67.7. The lowest BCUT2D eigenvalue weighted by atomic mass is 11.6. The molecule has 0 aliphatic carbocycles. The summed E-state index contributed by atoms with van der Waals surface area (Å²) in [5, 5.41) is 0. The van der Waals surface area contributed by atoms with Crippen LogP contribution in [-0.2, 0) is 24.9 Å². The van der Waals surface area contributed by atoms with Gasteiger partial charge in [0.1, 0.15) is 0 Å². The van der Waals surface area contributed by atoms with E-state index in [4.69, 9.17) is 0 Å². The topological polar surface area (TPSA) is 29.1 Å². The van der Waals surface area contributed by atoms with Crippen molar-refractivity contribution in [1.29, 1.82) is 0 Å². The van der Waals surface area contributed by atoms with Crippen LogP contribution in [0.3, 0.4) is 0 Å². The lowest BCUT2D eigenvalue weighted by Crippen LogP contribution is -1.97. The molecule has 0 saturated carbocycles. The molecule has 32 valence electrons. The minimum Gasteiger partial charge on any atom is -0.437 e. The van der Waals surface area contributed by atoms with Crippen molar-refractivity contribution in [2.45, 2.75) is 0 Å². The summed E-state index contributed by atoms with van der Waals surface area (Å²) in [6.45, 7) is 0. The van der Waals surface area contributed by atoms with Gasteiger partial charge in [0, 0.05) is 0 Å². The summed E-state index contributed by atoms with van der Waals surface area (Å²) in [7, 11) is 0.306. The fourth-order valence-corrected chi connectivity index (χ4v) is 0. The molecule has 0 amide bonds. The van der Waals surface area contributed by atoms with Crippen LogP contribution < -0.4 is 4.72 Å². The van der Waals surface area contributed by atoms with E-state index in [9.17, 15) is 4.21 Å². The van der Waals surface area contributed by atoms with Crippen molar-refractivity contribution in [1.82, 2.24) is 4.72 Å². The summed E-state index contributed by atoms with van der Waals surface area (Å²) in [6, 6.07) is 0. The second-order valence-electron chi connectivity index (χ2n) is 0.439. The van der Waals surface area contributed by atoms with E-state index in [2.05, 4.69) is 15.9 Å². The number of nitrogens with one attached hydrogen (secondary N) is 1. The summed E-state index contributed by atoms with van der Waals surface area (Å²) in [4.78, 5) is 0. The van der Waals surface area contributed by atoms with Crippen molar-refractivity contribution in [3.05, 3.63) is 0 Å². The third kappa shape index (κ3) is 4.33. The van der Waals surface area contributed by atoms with Gasteiger partial charge in [0.25, 0.3) is 0 Å². The Morgan fingerprint density at radius 2 is 2.20 bits per heavy atom. The molecule has 0 atom stereocenters. The Hall–Kier alpha value is 0.330. The standard InChI is InChI=1S/CH4NOS2/c1-2-5(3)4/h1H3,(H,2,3,4)/q-1. The van der Waals surface area contributed by atoms with Crippen LogP contribution in [0.2, 0.25) is 0 Å². The zero-order valence-electron chi connectivity index (χ0n) is 2.72. The van der Waals surface area contributed by atoms with Crippen molar-refractivity contribution < 1.29 is 4.21 Å². The number of hydrogen-bond donors (Lipinski definition) is 1. The maximum Gasteiger partial charge on any atom is -0.0329 e. The minimum absolute atomic E-state index is 1.24. The molecule has 0 radical (unpaired) electrons. The molecule has 0 rings (SSSR count). The molecule has 0 heterocycles. The Balaban J connectivity index is 3.23. The molecule has 2 nitrogen and oxygen atoms in total. The second kappa shape index (κ2) is 2.56. The van der Waals surface area contributed by atoms with E-state index < -0.39 is 9.54 Å². The molecule has 0 bridgehead atoms. The van der Waals surface area contributed by atoms with Gasteiger partial charge < -0.3 is 8.93 Å². The molecule has 0 fully saturated rings. The van der Waals surface area contributed by atoms with Gasteiger partial charge in [-0.05, 0) is 7.05 Å². The molecule has 0 spiro atoms. The van der Waals surface area contributed by atoms with Crippen LogP contribution >= 0.6 is 0 Å². The molecule has 0 aliphatic heterocycles. The van der Waals surface area contributed by atoms with Crippen LogP contribution in [-0.4, -0.2) is 7.05 Å². The Kier molecular flexibility index (Phi) is 2.73. The summed E-state index contributed by atoms with van der Waals surface area (Å²) in [5.74, 6) is 0. The lowest BCUT2D eigenvalue weighted by Gasteiger charge is -1.86. The highest BCUT2D eigenvalue weighted by Crippen LogP contribution is 1.38. The predicted octanol–water partition coefficient (Wildman–Crippen LogP) is -0.453. The van der Waals surface area contributed by atoms with Crippen molar-refractivity contribution in [3.8, 4) is 0 Å². The largest absolute Gasteiger partial charge is 0.437 e. The van der Waals surface area contributed by atoms with Gasteiger partial charge in [-0.1, -0.05) is 0 Å². The summed E-state index contributed by atoms with van der Waals surface area (Å²) >= 11 is 4.14. The van der Waals surface area contributed by atoms with Crippen molar-refractivity contribution in [2.24, 2.45) is 0 Å². The summed E-state index contributed by atoms with van der Waals surface area (Å²) < 4.78 is 11.9. The van der Waals surface area contributed by atoms with Crippen molar-refractivity contribution in [2.75, 3.05) is 7.05 Å². The molecule has 4 heteroatoms. The fourth-order valence-electron chi connectivity index (χ4n) is 0. The highest BCUT2D eigenvalue weighted by Gasteiger charge is 1.39. The minimum atomic E-state index is -1.24. The van der Waals surface area contributed by atoms with Crippen molar-refractivity contribution in [3.63, 3.8) is 0 Å². The smallest absolute Gasteiger partial charge is 0.0329 e. The first-order valence-electron chi connectivity index (χ1n) is 1.04. The van der Waals surface area contributed by atoms with Crippen LogP contribution in [0, 0.1) is 0 Å². The Morgan fingerprint density at radius 3 is 2.20 bits per heavy atom. The van der Waals surface area contributed by atoms with Crippen LogP contribution in [0.15, 0.2) is 0 Å². The molecule has 0 aromatic heterocycles. The molecule has 0 saturated heterocycles. The van der Waals surface area contributed by atoms with E-state index >= 15 is 0 Å². The Labute approximate surface area is 37.4 Å². The van der Waals surface area contributed by atoms with Gasteiger partial charge in [-0.2, -0.15) is 0 Å². The van der Waals surface area contributed by atoms with Gasteiger partial charge in [-0.15, -0.1) is 9.54 Å². The first kappa shape index (κ1) is 5.33. The predicted molar refractivity (Wildman–Crippen MR) is 24.5 cm³/mol. The van der Waals surface area contributed by atoms with Gasteiger partial charge in [-0.3, -0.25) is 0 Å². The van der Waals surface area contributed by atoms with Gasteiger partial charge in [-0.25, -0.2) is 11.2 Å². The highest BCUT2D eigenvalue weighted by atomic mass is 32.8. The fraction of sp³-hybridized carbons (Fsp3) is 1.00. The van der Waals surface area contributed by atoms with Crippen LogP contribution in [0.25, 0.3) is 0 Å². The number of hydrogen-bond acceptors (Lipinski definition) is 3. The molecule has 0 aromatic carbocycles. The van der Waals surface area contributed by atoms with Crippen LogP contribution in [0.4, 0.5) is 0 Å². The van der Waals surface area contributed by atoms with Gasteiger partial charge >= 0.3 is 0 Å². The maximum atomic E-state index is 9.63. The molecule has 0 aliphatic rings. The molecule has 5 heavy (non-hydrogen) atoms. The van der Waals surface area contributed by atoms with Crippen molar-refractivity contribution >= 4 is 20.7 Å². The van der Waals surface area contributed by atoms with E-state index in [0.29, 0.717) is 0 Å². The number of rotatable bonds is 1. The van der Waals surface area contributed by atoms with Gasteiger partial charge in [0.15, 0.2) is 0 Å². The monoisotopic (exact) mass is 110 g/mol. The highest BCUT2D eigenvalue weighted by molar-refractivity contribution is 8.20. The van der Waals surface area contributed by atoms with E-state index in [0.717, 1.165) is 0 Å². The summed E-state index contributed by atoms with van der Waals surface area (Å²) in [5.41, 5.74) is 0. The zero-order valence-corrected chi connectivity index (χ0v) is 4.36. The molecular formula is CH4NOS2-. The van der Waals surface area contributed by atoms with Gasteiger partial charge in [0.2, 0.25) is 0 Å². The molecular weight excluding hydrogens is 106 g/mol. The third-order valence-electron chi connectivity index (χ3n) is 0.167. The van der Waals surface area contributed by atoms with E-state index in [1.807, 2.05) is 0 Å². The average molecular weight is 110 g/mol. The zero-order chi connectivity index (χ0) is 4.28. The summed E-state index contributed by atoms with van der Waals surface area (Å²) in [6.07, 6.45) is 0. The maximum absolute atomic E-state index is 9.63. The second-order valence-corrected chi connectivity index (χ2v) is 2.22. The van der Waals surface area contributed by atoms with Gasteiger partial charge in [0.05, 0.1) is 0 Å². The normalized spacial score (nSPS) is 9.20. The molecule has 1 N–H and O–H groups in total. The first-order valence-corrected chi connectivity index (χ1v) is 3.11. The molecule has 0 aromatic rings. The first-order chi connectivity index (χ1) is 2.27. The van der Waals surface area contributed by atoms with E-state index in [-0.39, 0.29) is 0 Å². The molecule has 0 unspecified atom stereocenters. The quantitative estimate of drug-likeness (QED) is 0.463. The average Bonchev–Trinajstić information content (AvgIpc) is 1.38. The Morgan fingerprint density at radius 1 is 2.00 bits per heavy atom. The van der Waals surface area contributed by atoms with E-state index in [1.165, 1.54) is 0 Å². The van der Waals surface area contributed by atoms with E-state index in [1.54, 1.807) is 7.05 Å². The SMILES string of the molecule is CN[S-](=O)=S. The third-order valence-corrected chi connectivity index (χ3v) is 1.000. The van der Waals surface area contributed by atoms with Crippen LogP contribution in [0.5, 0.6) is 0 Å². The van der Waals surface area contributed by atoms with Crippen LogP contribution in [0.1, 0.15) is 0 Å².